The summed E-state index contributed by atoms with van der Waals surface area (Å²) in [5.41, 5.74) is 0.794. The Morgan fingerprint density at radius 2 is 2.03 bits per heavy atom. The van der Waals surface area contributed by atoms with Crippen LogP contribution in [0, 0.1) is 11.7 Å². The first-order valence-corrected chi connectivity index (χ1v) is 12.7. The average molecular weight is 483 g/mol. The number of benzene rings is 1. The van der Waals surface area contributed by atoms with Gasteiger partial charge in [-0.3, -0.25) is 4.79 Å². The van der Waals surface area contributed by atoms with Gasteiger partial charge in [-0.1, -0.05) is 38.5 Å². The number of carbonyl (C=O) groups excluding carboxylic acids is 2. The number of thiophene rings is 1. The molecule has 10 heteroatoms. The number of sulfonamides is 1. The number of ether oxygens (including phenoxy) is 1. The predicted octanol–water partition coefficient (Wildman–Crippen LogP) is 3.47. The number of methoxy groups -OCH3 is 1. The van der Waals surface area contributed by atoms with Gasteiger partial charge >= 0.3 is 5.97 Å². The van der Waals surface area contributed by atoms with Crippen molar-refractivity contribution in [2.45, 2.75) is 50.4 Å². The van der Waals surface area contributed by atoms with Crippen LogP contribution in [0.3, 0.4) is 0 Å². The van der Waals surface area contributed by atoms with E-state index in [2.05, 4.69) is 4.72 Å². The van der Waals surface area contributed by atoms with Gasteiger partial charge < -0.3 is 9.64 Å². The van der Waals surface area contributed by atoms with Crippen LogP contribution in [-0.4, -0.2) is 38.8 Å². The third kappa shape index (κ3) is 5.19. The van der Waals surface area contributed by atoms with Crippen LogP contribution in [0.1, 0.15) is 53.1 Å². The molecule has 1 aliphatic heterocycles. The lowest BCUT2D eigenvalue weighted by Gasteiger charge is -2.28. The van der Waals surface area contributed by atoms with E-state index in [0.717, 1.165) is 17.8 Å². The van der Waals surface area contributed by atoms with E-state index in [4.69, 9.17) is 4.74 Å². The highest BCUT2D eigenvalue weighted by atomic mass is 32.2. The largest absolute Gasteiger partial charge is 0.465 e. The third-order valence-corrected chi connectivity index (χ3v) is 8.78. The highest BCUT2D eigenvalue weighted by Gasteiger charge is 2.35. The van der Waals surface area contributed by atoms with Crippen molar-refractivity contribution in [2.75, 3.05) is 13.7 Å². The van der Waals surface area contributed by atoms with Crippen LogP contribution in [0.15, 0.2) is 28.5 Å². The van der Waals surface area contributed by atoms with Crippen molar-refractivity contribution in [3.63, 3.8) is 0 Å². The Kier molecular flexibility index (Phi) is 7.68. The van der Waals surface area contributed by atoms with Gasteiger partial charge in [0.25, 0.3) is 10.0 Å². The second kappa shape index (κ2) is 10.1. The quantitative estimate of drug-likeness (QED) is 0.582. The number of fused-ring (bicyclic) bond motifs is 1. The van der Waals surface area contributed by atoms with Gasteiger partial charge in [0.15, 0.2) is 0 Å². The van der Waals surface area contributed by atoms with E-state index in [-0.39, 0.29) is 40.3 Å². The van der Waals surface area contributed by atoms with Crippen molar-refractivity contribution in [2.24, 2.45) is 5.92 Å². The first-order valence-electron chi connectivity index (χ1n) is 10.4. The molecule has 1 N–H and O–H groups in total. The lowest BCUT2D eigenvalue weighted by molar-refractivity contribution is -0.133. The molecule has 0 saturated carbocycles. The van der Waals surface area contributed by atoms with Gasteiger partial charge in [0.2, 0.25) is 5.91 Å². The van der Waals surface area contributed by atoms with E-state index in [0.29, 0.717) is 29.8 Å². The van der Waals surface area contributed by atoms with Crippen LogP contribution >= 0.6 is 11.3 Å². The number of nitrogens with one attached hydrogen (secondary N) is 1. The third-order valence-electron chi connectivity index (χ3n) is 5.64. The lowest BCUT2D eigenvalue weighted by atomic mass is 10.0. The van der Waals surface area contributed by atoms with Crippen molar-refractivity contribution in [1.29, 1.82) is 0 Å². The fourth-order valence-corrected chi connectivity index (χ4v) is 6.49. The molecule has 1 aromatic heterocycles. The first kappa shape index (κ1) is 24.3. The summed E-state index contributed by atoms with van der Waals surface area (Å²) in [6, 6.07) is 5.86. The second-order valence-corrected chi connectivity index (χ2v) is 10.9. The summed E-state index contributed by atoms with van der Waals surface area (Å²) in [5.74, 6) is -0.992. The Bertz CT molecular complexity index is 1110. The van der Waals surface area contributed by atoms with Gasteiger partial charge in [-0.15, -0.1) is 11.3 Å². The van der Waals surface area contributed by atoms with Crippen molar-refractivity contribution in [3.8, 4) is 0 Å². The predicted molar refractivity (Wildman–Crippen MR) is 119 cm³/mol. The van der Waals surface area contributed by atoms with E-state index >= 15 is 0 Å². The highest BCUT2D eigenvalue weighted by molar-refractivity contribution is 7.91. The summed E-state index contributed by atoms with van der Waals surface area (Å²) in [6.07, 6.45) is 1.69. The fourth-order valence-electron chi connectivity index (χ4n) is 3.54. The number of carbonyl (C=O) groups is 2. The van der Waals surface area contributed by atoms with Gasteiger partial charge in [0, 0.05) is 30.0 Å². The molecular formula is C22H27FN2O5S2. The number of rotatable bonds is 8. The number of halogens is 1. The molecule has 0 spiro atoms. The molecule has 1 aromatic carbocycles. The van der Waals surface area contributed by atoms with Gasteiger partial charge in [-0.25, -0.2) is 22.3 Å². The summed E-state index contributed by atoms with van der Waals surface area (Å²) in [6.45, 7) is 4.45. The molecular weight excluding hydrogens is 455 g/mol. The van der Waals surface area contributed by atoms with E-state index in [1.54, 1.807) is 11.0 Å². The number of hydrogen-bond acceptors (Lipinski definition) is 6. The van der Waals surface area contributed by atoms with Crippen LogP contribution in [-0.2, 0) is 39.1 Å². The zero-order chi connectivity index (χ0) is 23.5. The first-order chi connectivity index (χ1) is 15.2. The molecule has 7 nitrogen and oxygen atoms in total. The number of esters is 1. The number of nitrogens with zero attached hydrogens (tertiary/aromatic N) is 1. The molecule has 1 atom stereocenters. The minimum absolute atomic E-state index is 0.00237. The number of amides is 1. The Labute approximate surface area is 191 Å². The monoisotopic (exact) mass is 482 g/mol. The van der Waals surface area contributed by atoms with E-state index in [9.17, 15) is 22.4 Å². The fraction of sp³-hybridized carbons (Fsp3) is 0.455. The van der Waals surface area contributed by atoms with E-state index in [1.165, 1.54) is 25.3 Å². The zero-order valence-corrected chi connectivity index (χ0v) is 19.9. The maximum Gasteiger partial charge on any atom is 0.340 e. The zero-order valence-electron chi connectivity index (χ0n) is 18.3. The van der Waals surface area contributed by atoms with Crippen LogP contribution < -0.4 is 4.72 Å². The number of hydrogen-bond donors (Lipinski definition) is 1. The molecule has 0 radical (unpaired) electrons. The topological polar surface area (TPSA) is 92.8 Å². The Morgan fingerprint density at radius 1 is 1.31 bits per heavy atom. The summed E-state index contributed by atoms with van der Waals surface area (Å²) in [7, 11) is -2.92. The van der Waals surface area contributed by atoms with Gasteiger partial charge in [-0.05, 0) is 24.0 Å². The van der Waals surface area contributed by atoms with Crippen molar-refractivity contribution < 1.29 is 27.1 Å². The molecule has 0 aliphatic carbocycles. The molecule has 2 heterocycles. The van der Waals surface area contributed by atoms with E-state index in [1.807, 2.05) is 13.8 Å². The van der Waals surface area contributed by atoms with Crippen LogP contribution in [0.2, 0.25) is 0 Å². The second-order valence-electron chi connectivity index (χ2n) is 7.86. The minimum atomic E-state index is -4.12. The maximum atomic E-state index is 13.9. The molecule has 174 valence electrons. The minimum Gasteiger partial charge on any atom is -0.465 e. The Hall–Kier alpha value is -2.30. The molecule has 0 saturated heterocycles. The smallest absolute Gasteiger partial charge is 0.340 e. The average Bonchev–Trinajstić information content (AvgIpc) is 3.17. The molecule has 1 aliphatic rings. The van der Waals surface area contributed by atoms with Crippen LogP contribution in [0.5, 0.6) is 0 Å². The van der Waals surface area contributed by atoms with E-state index < -0.39 is 21.8 Å². The Morgan fingerprint density at radius 3 is 2.69 bits per heavy atom. The maximum absolute atomic E-state index is 13.9. The molecule has 2 aromatic rings. The molecule has 0 fully saturated rings. The SMILES string of the molecule is CCC(C)CC(=O)N1CCc2c(sc(S(=O)(=O)NCc3ccccc3F)c2C(=O)OC)C1. The summed E-state index contributed by atoms with van der Waals surface area (Å²) < 4.78 is 47.1. The molecule has 1 amide bonds. The van der Waals surface area contributed by atoms with Crippen molar-refractivity contribution >= 4 is 33.2 Å². The van der Waals surface area contributed by atoms with Crippen LogP contribution in [0.4, 0.5) is 4.39 Å². The highest BCUT2D eigenvalue weighted by Crippen LogP contribution is 2.37. The van der Waals surface area contributed by atoms with Gasteiger partial charge in [0.05, 0.1) is 19.2 Å². The summed E-state index contributed by atoms with van der Waals surface area (Å²) >= 11 is 0.959. The molecule has 32 heavy (non-hydrogen) atoms. The van der Waals surface area contributed by atoms with Crippen molar-refractivity contribution in [3.05, 3.63) is 51.7 Å². The molecule has 0 bridgehead atoms. The van der Waals surface area contributed by atoms with Crippen LogP contribution in [0.25, 0.3) is 0 Å². The Balaban J connectivity index is 1.89. The summed E-state index contributed by atoms with van der Waals surface area (Å²) in [4.78, 5) is 27.5. The molecule has 1 unspecified atom stereocenters. The van der Waals surface area contributed by atoms with Crippen molar-refractivity contribution in [1.82, 2.24) is 9.62 Å². The van der Waals surface area contributed by atoms with Gasteiger partial charge in [0.1, 0.15) is 10.0 Å². The normalized spacial score (nSPS) is 14.7. The lowest BCUT2D eigenvalue weighted by Crippen LogP contribution is -2.36. The van der Waals surface area contributed by atoms with Gasteiger partial charge in [-0.2, -0.15) is 0 Å². The standard InChI is InChI=1S/C22H27FN2O5S2/c1-4-14(2)11-19(26)25-10-9-16-18(13-25)31-22(20(16)21(27)30-3)32(28,29)24-12-15-7-5-6-8-17(15)23/h5-8,14,24H,4,9-13H2,1-3H3. The summed E-state index contributed by atoms with van der Waals surface area (Å²) in [5, 5.41) is 0. The molecule has 3 rings (SSSR count).